The molecule has 1 atom stereocenters. The van der Waals surface area contributed by atoms with Gasteiger partial charge in [0.1, 0.15) is 0 Å². The molecule has 0 spiro atoms. The average Bonchev–Trinajstić information content (AvgIpc) is 2.60. The summed E-state index contributed by atoms with van der Waals surface area (Å²) in [5.74, 6) is 0. The lowest BCUT2D eigenvalue weighted by Gasteiger charge is -2.20. The van der Waals surface area contributed by atoms with Gasteiger partial charge in [-0.25, -0.2) is 4.98 Å². The molecule has 0 amide bonds. The molecule has 0 aliphatic heterocycles. The summed E-state index contributed by atoms with van der Waals surface area (Å²) in [5.41, 5.74) is 3.09. The van der Waals surface area contributed by atoms with Gasteiger partial charge >= 0.3 is 0 Å². The minimum atomic E-state index is 0.437. The van der Waals surface area contributed by atoms with Gasteiger partial charge in [0.2, 0.25) is 0 Å². The van der Waals surface area contributed by atoms with Gasteiger partial charge in [0.15, 0.2) is 0 Å². The van der Waals surface area contributed by atoms with Crippen molar-refractivity contribution in [3.8, 4) is 0 Å². The Morgan fingerprint density at radius 1 is 1.43 bits per heavy atom. The van der Waals surface area contributed by atoms with Crippen LogP contribution in [-0.2, 0) is 0 Å². The first-order valence-corrected chi connectivity index (χ1v) is 6.23. The van der Waals surface area contributed by atoms with E-state index in [0.29, 0.717) is 12.1 Å². The number of aromatic nitrogens is 1. The van der Waals surface area contributed by atoms with Crippen LogP contribution in [-0.4, -0.2) is 11.0 Å². The van der Waals surface area contributed by atoms with Crippen LogP contribution in [0, 0.1) is 6.92 Å². The van der Waals surface area contributed by atoms with Gasteiger partial charge in [-0.3, -0.25) is 0 Å². The molecule has 0 aliphatic carbocycles. The van der Waals surface area contributed by atoms with E-state index in [0.717, 1.165) is 0 Å². The van der Waals surface area contributed by atoms with Crippen LogP contribution in [0.15, 0.2) is 5.51 Å². The highest BCUT2D eigenvalue weighted by molar-refractivity contribution is 7.09. The molecule has 2 nitrogen and oxygen atoms in total. The lowest BCUT2D eigenvalue weighted by Crippen LogP contribution is -2.30. The predicted molar refractivity (Wildman–Crippen MR) is 62.8 cm³/mol. The van der Waals surface area contributed by atoms with Gasteiger partial charge in [0, 0.05) is 17.0 Å². The van der Waals surface area contributed by atoms with Crippen LogP contribution in [0.1, 0.15) is 50.2 Å². The number of thiazole rings is 1. The molecule has 80 valence electrons. The van der Waals surface area contributed by atoms with E-state index in [9.17, 15) is 0 Å². The van der Waals surface area contributed by atoms with Crippen LogP contribution in [0.3, 0.4) is 0 Å². The van der Waals surface area contributed by atoms with Crippen LogP contribution >= 0.6 is 11.3 Å². The summed E-state index contributed by atoms with van der Waals surface area (Å²) in [6.45, 7) is 8.76. The molecule has 0 aromatic carbocycles. The second kappa shape index (κ2) is 5.47. The third-order valence-corrected chi connectivity index (χ3v) is 3.76. The van der Waals surface area contributed by atoms with Crippen molar-refractivity contribution in [2.24, 2.45) is 0 Å². The molecule has 1 heterocycles. The number of hydrogen-bond acceptors (Lipinski definition) is 3. The van der Waals surface area contributed by atoms with Crippen molar-refractivity contribution in [1.29, 1.82) is 0 Å². The van der Waals surface area contributed by atoms with Crippen LogP contribution in [0.4, 0.5) is 0 Å². The van der Waals surface area contributed by atoms with Crippen molar-refractivity contribution in [1.82, 2.24) is 10.3 Å². The number of aryl methyl sites for hydroxylation is 1. The molecule has 3 heteroatoms. The molecule has 0 fully saturated rings. The molecule has 1 N–H and O–H groups in total. The van der Waals surface area contributed by atoms with E-state index in [-0.39, 0.29) is 0 Å². The predicted octanol–water partition coefficient (Wildman–Crippen LogP) is 3.29. The van der Waals surface area contributed by atoms with E-state index in [2.05, 4.69) is 38.0 Å². The fourth-order valence-electron chi connectivity index (χ4n) is 1.68. The summed E-state index contributed by atoms with van der Waals surface area (Å²) in [4.78, 5) is 5.65. The van der Waals surface area contributed by atoms with Gasteiger partial charge in [0.25, 0.3) is 0 Å². The van der Waals surface area contributed by atoms with Gasteiger partial charge in [-0.15, -0.1) is 11.3 Å². The first-order chi connectivity index (χ1) is 6.69. The van der Waals surface area contributed by atoms with E-state index in [4.69, 9.17) is 0 Å². The quantitative estimate of drug-likeness (QED) is 0.810. The van der Waals surface area contributed by atoms with E-state index in [1.54, 1.807) is 11.3 Å². The highest BCUT2D eigenvalue weighted by atomic mass is 32.1. The summed E-state index contributed by atoms with van der Waals surface area (Å²) in [5, 5.41) is 3.63. The topological polar surface area (TPSA) is 24.9 Å². The van der Waals surface area contributed by atoms with Crippen LogP contribution in [0.5, 0.6) is 0 Å². The molecule has 1 aromatic heterocycles. The Balaban J connectivity index is 2.58. The molecular weight excluding hydrogens is 192 g/mol. The van der Waals surface area contributed by atoms with Gasteiger partial charge in [-0.1, -0.05) is 13.8 Å². The molecule has 1 rings (SSSR count). The lowest BCUT2D eigenvalue weighted by molar-refractivity contribution is 0.435. The monoisotopic (exact) mass is 212 g/mol. The second-order valence-electron chi connectivity index (χ2n) is 3.70. The molecule has 0 saturated carbocycles. The van der Waals surface area contributed by atoms with Crippen molar-refractivity contribution in [3.63, 3.8) is 0 Å². The first kappa shape index (κ1) is 11.7. The lowest BCUT2D eigenvalue weighted by atomic mass is 10.1. The number of nitrogens with one attached hydrogen (secondary N) is 1. The Bertz CT molecular complexity index is 266. The Kier molecular flexibility index (Phi) is 4.55. The maximum Gasteiger partial charge on any atom is 0.0798 e. The van der Waals surface area contributed by atoms with Crippen molar-refractivity contribution in [3.05, 3.63) is 16.1 Å². The third kappa shape index (κ3) is 2.79. The number of hydrogen-bond donors (Lipinski definition) is 1. The fourth-order valence-corrected chi connectivity index (χ4v) is 2.50. The molecular formula is C11H20N2S. The van der Waals surface area contributed by atoms with E-state index >= 15 is 0 Å². The van der Waals surface area contributed by atoms with Gasteiger partial charge in [-0.05, 0) is 26.7 Å². The summed E-state index contributed by atoms with van der Waals surface area (Å²) >= 11 is 1.75. The third-order valence-electron chi connectivity index (χ3n) is 2.65. The summed E-state index contributed by atoms with van der Waals surface area (Å²) in [7, 11) is 0. The number of nitrogens with zero attached hydrogens (tertiary/aromatic N) is 1. The van der Waals surface area contributed by atoms with Crippen LogP contribution in [0.25, 0.3) is 0 Å². The largest absolute Gasteiger partial charge is 0.307 e. The standard InChI is InChI=1S/C11H20N2S/c1-5-10(6-2)13-9(4)11-8(3)12-7-14-11/h7,9-10,13H,5-6H2,1-4H3. The Hall–Kier alpha value is -0.410. The Morgan fingerprint density at radius 3 is 2.50 bits per heavy atom. The summed E-state index contributed by atoms with van der Waals surface area (Å²) in [6.07, 6.45) is 2.39. The fraction of sp³-hybridized carbons (Fsp3) is 0.727. The molecule has 1 aromatic rings. The van der Waals surface area contributed by atoms with Crippen LogP contribution < -0.4 is 5.32 Å². The molecule has 1 unspecified atom stereocenters. The Labute approximate surface area is 90.8 Å². The van der Waals surface area contributed by atoms with Crippen molar-refractivity contribution in [2.75, 3.05) is 0 Å². The minimum absolute atomic E-state index is 0.437. The zero-order chi connectivity index (χ0) is 10.6. The zero-order valence-electron chi connectivity index (χ0n) is 9.50. The van der Waals surface area contributed by atoms with Crippen molar-refractivity contribution >= 4 is 11.3 Å². The normalized spacial score (nSPS) is 13.5. The maximum atomic E-state index is 4.28. The average molecular weight is 212 g/mol. The highest BCUT2D eigenvalue weighted by Crippen LogP contribution is 2.22. The highest BCUT2D eigenvalue weighted by Gasteiger charge is 2.13. The Morgan fingerprint density at radius 2 is 2.07 bits per heavy atom. The number of rotatable bonds is 5. The second-order valence-corrected chi connectivity index (χ2v) is 4.59. The smallest absolute Gasteiger partial charge is 0.0798 e. The molecule has 0 aliphatic rings. The SMILES string of the molecule is CCC(CC)NC(C)c1scnc1C. The van der Waals surface area contributed by atoms with Crippen LogP contribution in [0.2, 0.25) is 0 Å². The summed E-state index contributed by atoms with van der Waals surface area (Å²) < 4.78 is 0. The first-order valence-electron chi connectivity index (χ1n) is 5.35. The van der Waals surface area contributed by atoms with Gasteiger partial charge in [0.05, 0.1) is 11.2 Å². The van der Waals surface area contributed by atoms with Crippen molar-refractivity contribution < 1.29 is 0 Å². The molecule has 0 bridgehead atoms. The zero-order valence-corrected chi connectivity index (χ0v) is 10.3. The van der Waals surface area contributed by atoms with Crippen molar-refractivity contribution in [2.45, 2.75) is 52.6 Å². The van der Waals surface area contributed by atoms with Gasteiger partial charge < -0.3 is 5.32 Å². The maximum absolute atomic E-state index is 4.28. The minimum Gasteiger partial charge on any atom is -0.307 e. The molecule has 0 radical (unpaired) electrons. The van der Waals surface area contributed by atoms with Gasteiger partial charge in [-0.2, -0.15) is 0 Å². The molecule has 0 saturated heterocycles. The molecule has 14 heavy (non-hydrogen) atoms. The van der Waals surface area contributed by atoms with E-state index in [1.165, 1.54) is 23.4 Å². The summed E-state index contributed by atoms with van der Waals surface area (Å²) in [6, 6.07) is 1.07. The van der Waals surface area contributed by atoms with E-state index < -0.39 is 0 Å². The van der Waals surface area contributed by atoms with E-state index in [1.807, 2.05) is 5.51 Å².